The van der Waals surface area contributed by atoms with E-state index in [9.17, 15) is 14.3 Å². The summed E-state index contributed by atoms with van der Waals surface area (Å²) < 4.78 is 14.5. The molecule has 1 aromatic carbocycles. The third-order valence-corrected chi connectivity index (χ3v) is 7.52. The Morgan fingerprint density at radius 1 is 1.23 bits per heavy atom. The summed E-state index contributed by atoms with van der Waals surface area (Å²) in [6, 6.07) is 12.1. The van der Waals surface area contributed by atoms with E-state index < -0.39 is 17.2 Å². The molecule has 0 aliphatic carbocycles. The van der Waals surface area contributed by atoms with Crippen LogP contribution in [0.4, 0.5) is 16.0 Å². The molecule has 0 radical (unpaired) electrons. The SMILES string of the molecule is Cc1cc(Nc2cc(-c3ncccn3)cc(C[C@@]3(C(=O)O)CCN(Cc4cccc(Cl)c4F)[C@H](C)C3)n2)n[nH]1. The van der Waals surface area contributed by atoms with Gasteiger partial charge in [-0.05, 0) is 57.5 Å². The van der Waals surface area contributed by atoms with Crippen molar-refractivity contribution in [3.05, 3.63) is 82.6 Å². The van der Waals surface area contributed by atoms with E-state index in [0.29, 0.717) is 54.6 Å². The fraction of sp³-hybridized carbons (Fsp3) is 0.321. The first-order chi connectivity index (χ1) is 18.7. The van der Waals surface area contributed by atoms with E-state index in [-0.39, 0.29) is 17.5 Å². The highest BCUT2D eigenvalue weighted by Crippen LogP contribution is 2.40. The van der Waals surface area contributed by atoms with Crippen molar-refractivity contribution in [3.63, 3.8) is 0 Å². The molecule has 5 rings (SSSR count). The second kappa shape index (κ2) is 11.1. The van der Waals surface area contributed by atoms with E-state index in [1.165, 1.54) is 6.07 Å². The number of rotatable bonds is 8. The molecule has 0 amide bonds. The van der Waals surface area contributed by atoms with Gasteiger partial charge in [-0.1, -0.05) is 23.7 Å². The van der Waals surface area contributed by atoms with E-state index >= 15 is 0 Å². The largest absolute Gasteiger partial charge is 0.481 e. The number of aromatic amines is 1. The predicted molar refractivity (Wildman–Crippen MR) is 146 cm³/mol. The molecule has 9 nitrogen and oxygen atoms in total. The molecular formula is C28H29ClFN7O2. The maximum absolute atomic E-state index is 14.5. The van der Waals surface area contributed by atoms with Gasteiger partial charge in [0.1, 0.15) is 11.6 Å². The quantitative estimate of drug-likeness (QED) is 0.267. The third kappa shape index (κ3) is 5.91. The lowest BCUT2D eigenvalue weighted by atomic mass is 9.72. The molecule has 4 heterocycles. The number of anilines is 2. The predicted octanol–water partition coefficient (Wildman–Crippen LogP) is 5.40. The van der Waals surface area contributed by atoms with Crippen molar-refractivity contribution in [2.45, 2.75) is 45.7 Å². The van der Waals surface area contributed by atoms with Crippen LogP contribution in [0.3, 0.4) is 0 Å². The summed E-state index contributed by atoms with van der Waals surface area (Å²) in [4.78, 5) is 28.3. The second-order valence-corrected chi connectivity index (χ2v) is 10.5. The van der Waals surface area contributed by atoms with Crippen LogP contribution in [0.25, 0.3) is 11.4 Å². The van der Waals surface area contributed by atoms with Gasteiger partial charge in [-0.2, -0.15) is 5.10 Å². The Labute approximate surface area is 230 Å². The molecule has 3 aromatic heterocycles. The number of piperidine rings is 1. The molecule has 1 fully saturated rings. The van der Waals surface area contributed by atoms with Crippen LogP contribution in [0.5, 0.6) is 0 Å². The monoisotopic (exact) mass is 549 g/mol. The highest BCUT2D eigenvalue weighted by Gasteiger charge is 2.45. The van der Waals surface area contributed by atoms with Gasteiger partial charge in [0.25, 0.3) is 0 Å². The number of benzene rings is 1. The molecule has 0 saturated carbocycles. The van der Waals surface area contributed by atoms with Crippen molar-refractivity contribution in [3.8, 4) is 11.4 Å². The van der Waals surface area contributed by atoms with E-state index in [4.69, 9.17) is 16.6 Å². The molecule has 3 N–H and O–H groups in total. The van der Waals surface area contributed by atoms with Crippen LogP contribution in [0, 0.1) is 18.2 Å². The van der Waals surface area contributed by atoms with Crippen LogP contribution in [0.2, 0.25) is 5.02 Å². The first-order valence-electron chi connectivity index (χ1n) is 12.7. The summed E-state index contributed by atoms with van der Waals surface area (Å²) in [5, 5.41) is 20.8. The minimum atomic E-state index is -1.04. The number of aromatic nitrogens is 5. The minimum absolute atomic E-state index is 0.0832. The van der Waals surface area contributed by atoms with Crippen molar-refractivity contribution in [2.24, 2.45) is 5.41 Å². The fourth-order valence-electron chi connectivity index (χ4n) is 5.21. The van der Waals surface area contributed by atoms with Gasteiger partial charge in [-0.3, -0.25) is 14.8 Å². The van der Waals surface area contributed by atoms with Crippen molar-refractivity contribution in [1.82, 2.24) is 30.0 Å². The van der Waals surface area contributed by atoms with Crippen molar-refractivity contribution in [1.29, 1.82) is 0 Å². The minimum Gasteiger partial charge on any atom is -0.481 e. The van der Waals surface area contributed by atoms with Crippen molar-refractivity contribution >= 4 is 29.2 Å². The molecule has 0 spiro atoms. The number of hydrogen-bond donors (Lipinski definition) is 3. The van der Waals surface area contributed by atoms with Gasteiger partial charge in [0.15, 0.2) is 11.6 Å². The second-order valence-electron chi connectivity index (χ2n) is 10.1. The summed E-state index contributed by atoms with van der Waals surface area (Å²) >= 11 is 5.97. The Balaban J connectivity index is 1.42. The van der Waals surface area contributed by atoms with Crippen LogP contribution in [0.15, 0.2) is 54.9 Å². The van der Waals surface area contributed by atoms with Crippen molar-refractivity contribution < 1.29 is 14.3 Å². The smallest absolute Gasteiger partial charge is 0.310 e. The summed E-state index contributed by atoms with van der Waals surface area (Å²) in [5.41, 5.74) is 1.69. The maximum Gasteiger partial charge on any atom is 0.310 e. The van der Waals surface area contributed by atoms with Gasteiger partial charge in [-0.15, -0.1) is 0 Å². The van der Waals surface area contributed by atoms with Gasteiger partial charge in [0.2, 0.25) is 0 Å². The molecule has 1 saturated heterocycles. The molecular weight excluding hydrogens is 521 g/mol. The van der Waals surface area contributed by atoms with Crippen LogP contribution in [-0.2, 0) is 17.8 Å². The standard InChI is InChI=1S/C28H29ClFN7O2/c1-17-11-24(36-35-17)34-23-13-20(26-31-8-4-9-32-26)12-21(33-23)15-28(27(38)39)7-10-37(18(2)14-28)16-19-5-3-6-22(29)25(19)30/h3-6,8-9,11-13,18H,7,10,14-16H2,1-2H3,(H,38,39)(H2,33,34,35,36)/t18-,28-/m1/s1. The molecule has 2 atom stereocenters. The number of carboxylic acid groups (broad SMARTS) is 1. The first kappa shape index (κ1) is 26.7. The number of aryl methyl sites for hydroxylation is 1. The lowest BCUT2D eigenvalue weighted by Gasteiger charge is -2.43. The first-order valence-corrected chi connectivity index (χ1v) is 13.1. The number of pyridine rings is 1. The number of nitrogens with zero attached hydrogens (tertiary/aromatic N) is 5. The van der Waals surface area contributed by atoms with Gasteiger partial charge in [-0.25, -0.2) is 19.3 Å². The molecule has 202 valence electrons. The number of hydrogen-bond acceptors (Lipinski definition) is 7. The summed E-state index contributed by atoms with van der Waals surface area (Å²) in [5.74, 6) is 0.323. The number of nitrogens with one attached hydrogen (secondary N) is 2. The lowest BCUT2D eigenvalue weighted by Crippen LogP contribution is -2.49. The van der Waals surface area contributed by atoms with E-state index in [1.54, 1.807) is 30.6 Å². The number of likely N-dealkylation sites (tertiary alicyclic amines) is 1. The molecule has 4 aromatic rings. The summed E-state index contributed by atoms with van der Waals surface area (Å²) in [6.07, 6.45) is 4.32. The van der Waals surface area contributed by atoms with E-state index in [0.717, 1.165) is 11.3 Å². The topological polar surface area (TPSA) is 120 Å². The molecule has 0 bridgehead atoms. The number of H-pyrrole nitrogens is 1. The molecule has 0 unspecified atom stereocenters. The lowest BCUT2D eigenvalue weighted by molar-refractivity contribution is -0.153. The summed E-state index contributed by atoms with van der Waals surface area (Å²) in [7, 11) is 0. The van der Waals surface area contributed by atoms with Gasteiger partial charge in [0, 0.05) is 60.0 Å². The Hall–Kier alpha value is -3.89. The molecule has 39 heavy (non-hydrogen) atoms. The Kier molecular flexibility index (Phi) is 7.58. The third-order valence-electron chi connectivity index (χ3n) is 7.23. The van der Waals surface area contributed by atoms with Crippen molar-refractivity contribution in [2.75, 3.05) is 11.9 Å². The van der Waals surface area contributed by atoms with Gasteiger partial charge < -0.3 is 10.4 Å². The number of aliphatic carboxylic acids is 1. The highest BCUT2D eigenvalue weighted by molar-refractivity contribution is 6.30. The van der Waals surface area contributed by atoms with Crippen LogP contribution in [-0.4, -0.2) is 53.7 Å². The number of carbonyl (C=O) groups is 1. The zero-order valence-electron chi connectivity index (χ0n) is 21.7. The number of carboxylic acids is 1. The maximum atomic E-state index is 14.5. The van der Waals surface area contributed by atoms with E-state index in [1.807, 2.05) is 32.0 Å². The average molecular weight is 550 g/mol. The summed E-state index contributed by atoms with van der Waals surface area (Å²) in [6.45, 7) is 4.74. The van der Waals surface area contributed by atoms with Crippen LogP contribution >= 0.6 is 11.6 Å². The molecule has 1 aliphatic rings. The Morgan fingerprint density at radius 2 is 2.03 bits per heavy atom. The Bertz CT molecular complexity index is 1480. The normalized spacial score (nSPS) is 19.6. The number of halogens is 2. The Morgan fingerprint density at radius 3 is 2.72 bits per heavy atom. The molecule has 1 aliphatic heterocycles. The zero-order valence-corrected chi connectivity index (χ0v) is 22.4. The van der Waals surface area contributed by atoms with Gasteiger partial charge in [0.05, 0.1) is 10.4 Å². The zero-order chi connectivity index (χ0) is 27.6. The van der Waals surface area contributed by atoms with Gasteiger partial charge >= 0.3 is 5.97 Å². The fourth-order valence-corrected chi connectivity index (χ4v) is 5.40. The van der Waals surface area contributed by atoms with Crippen LogP contribution < -0.4 is 5.32 Å². The van der Waals surface area contributed by atoms with E-state index in [2.05, 4.69) is 30.4 Å². The molecule has 11 heteroatoms. The average Bonchev–Trinajstić information content (AvgIpc) is 3.32. The van der Waals surface area contributed by atoms with Crippen LogP contribution in [0.1, 0.15) is 36.7 Å². The highest BCUT2D eigenvalue weighted by atomic mass is 35.5.